The van der Waals surface area contributed by atoms with E-state index in [1.54, 1.807) is 16.2 Å². The maximum absolute atomic E-state index is 8.99. The van der Waals surface area contributed by atoms with E-state index in [9.17, 15) is 0 Å². The van der Waals surface area contributed by atoms with Crippen molar-refractivity contribution in [2.45, 2.75) is 5.37 Å². The Balaban J connectivity index is 2.17. The van der Waals surface area contributed by atoms with E-state index in [0.717, 1.165) is 11.3 Å². The summed E-state index contributed by atoms with van der Waals surface area (Å²) in [7, 11) is 0. The van der Waals surface area contributed by atoms with Crippen LogP contribution < -0.4 is 0 Å². The third-order valence-corrected chi connectivity index (χ3v) is 3.74. The number of nitrogens with zero attached hydrogens (tertiary/aromatic N) is 1. The van der Waals surface area contributed by atoms with Crippen LogP contribution in [-0.2, 0) is 0 Å². The largest absolute Gasteiger partial charge is 0.390 e. The molecule has 2 rings (SSSR count). The summed E-state index contributed by atoms with van der Waals surface area (Å²) in [6.45, 7) is -0.0141. The van der Waals surface area contributed by atoms with E-state index < -0.39 is 0 Å². The Morgan fingerprint density at radius 2 is 2.07 bits per heavy atom. The van der Waals surface area contributed by atoms with Gasteiger partial charge >= 0.3 is 0 Å². The molecule has 14 heavy (non-hydrogen) atoms. The van der Waals surface area contributed by atoms with Crippen molar-refractivity contribution in [1.82, 2.24) is 4.42 Å². The molecular weight excluding hydrogens is 218 g/mol. The minimum absolute atomic E-state index is 0.0141. The highest BCUT2D eigenvalue weighted by Gasteiger charge is 2.26. The standard InChI is InChI=1S/C10H10ClNOS/c11-12-9(6-13)7-14-10(12)8-4-2-1-3-5-8/h1-5,7,10,13H,6H2. The number of aliphatic hydroxyl groups excluding tert-OH is 1. The van der Waals surface area contributed by atoms with Gasteiger partial charge in [-0.25, -0.2) is 0 Å². The highest BCUT2D eigenvalue weighted by Crippen LogP contribution is 2.43. The zero-order chi connectivity index (χ0) is 9.97. The molecule has 0 amide bonds. The number of thioether (sulfide) groups is 1. The lowest BCUT2D eigenvalue weighted by atomic mass is 10.2. The first kappa shape index (κ1) is 9.90. The first-order valence-corrected chi connectivity index (χ1v) is 5.56. The SMILES string of the molecule is OCC1=CSC(c2ccccc2)N1Cl. The monoisotopic (exact) mass is 227 g/mol. The molecule has 0 fully saturated rings. The molecule has 1 aliphatic rings. The maximum atomic E-state index is 8.99. The van der Waals surface area contributed by atoms with Crippen LogP contribution in [0.5, 0.6) is 0 Å². The van der Waals surface area contributed by atoms with E-state index in [0.29, 0.717) is 0 Å². The van der Waals surface area contributed by atoms with E-state index in [1.807, 2.05) is 35.7 Å². The van der Waals surface area contributed by atoms with Crippen molar-refractivity contribution in [3.05, 3.63) is 47.0 Å². The molecular formula is C10H10ClNOS. The summed E-state index contributed by atoms with van der Waals surface area (Å²) in [5, 5.41) is 11.0. The first-order chi connectivity index (χ1) is 6.83. The summed E-state index contributed by atoms with van der Waals surface area (Å²) in [6, 6.07) is 10.00. The second kappa shape index (κ2) is 4.26. The van der Waals surface area contributed by atoms with Crippen molar-refractivity contribution >= 4 is 23.5 Å². The van der Waals surface area contributed by atoms with Crippen LogP contribution in [0.4, 0.5) is 0 Å². The molecule has 1 aromatic rings. The molecule has 0 bridgehead atoms. The van der Waals surface area contributed by atoms with Crippen LogP contribution in [0, 0.1) is 0 Å². The highest BCUT2D eigenvalue weighted by atomic mass is 35.5. The topological polar surface area (TPSA) is 23.5 Å². The van der Waals surface area contributed by atoms with Crippen molar-refractivity contribution in [1.29, 1.82) is 0 Å². The van der Waals surface area contributed by atoms with Crippen LogP contribution in [0.25, 0.3) is 0 Å². The van der Waals surface area contributed by atoms with Gasteiger partial charge in [0, 0.05) is 11.8 Å². The first-order valence-electron chi connectivity index (χ1n) is 4.28. The van der Waals surface area contributed by atoms with E-state index in [-0.39, 0.29) is 12.0 Å². The third-order valence-electron chi connectivity index (χ3n) is 2.06. The Morgan fingerprint density at radius 1 is 1.36 bits per heavy atom. The summed E-state index contributed by atoms with van der Waals surface area (Å²) >= 11 is 7.67. The predicted octanol–water partition coefficient (Wildman–Crippen LogP) is 2.72. The summed E-state index contributed by atoms with van der Waals surface area (Å²) in [4.78, 5) is 0. The molecule has 0 saturated carbocycles. The van der Waals surface area contributed by atoms with Crippen LogP contribution in [-0.4, -0.2) is 16.1 Å². The van der Waals surface area contributed by atoms with Crippen molar-refractivity contribution < 1.29 is 5.11 Å². The van der Waals surface area contributed by atoms with Gasteiger partial charge in [-0.3, -0.25) is 4.42 Å². The molecule has 1 N–H and O–H groups in total. The lowest BCUT2D eigenvalue weighted by Crippen LogP contribution is -2.13. The van der Waals surface area contributed by atoms with Gasteiger partial charge in [0.05, 0.1) is 12.3 Å². The smallest absolute Gasteiger partial charge is 0.120 e. The van der Waals surface area contributed by atoms with Gasteiger partial charge < -0.3 is 5.11 Å². The fourth-order valence-electron chi connectivity index (χ4n) is 1.33. The maximum Gasteiger partial charge on any atom is 0.120 e. The predicted molar refractivity (Wildman–Crippen MR) is 59.6 cm³/mol. The number of halogens is 1. The molecule has 1 heterocycles. The van der Waals surface area contributed by atoms with Gasteiger partial charge in [0.15, 0.2) is 0 Å². The molecule has 0 saturated heterocycles. The van der Waals surface area contributed by atoms with Crippen LogP contribution in [0.2, 0.25) is 0 Å². The Bertz CT molecular complexity index is 341. The van der Waals surface area contributed by atoms with Gasteiger partial charge in [-0.15, -0.1) is 11.8 Å². The Kier molecular flexibility index (Phi) is 3.01. The molecule has 0 spiro atoms. The minimum atomic E-state index is -0.0141. The number of hydrogen-bond acceptors (Lipinski definition) is 3. The van der Waals surface area contributed by atoms with E-state index in [1.165, 1.54) is 0 Å². The molecule has 74 valence electrons. The second-order valence-electron chi connectivity index (χ2n) is 2.98. The fourth-order valence-corrected chi connectivity index (χ4v) is 2.77. The second-order valence-corrected chi connectivity index (χ2v) is 4.30. The zero-order valence-electron chi connectivity index (χ0n) is 7.43. The number of rotatable bonds is 2. The van der Waals surface area contributed by atoms with Gasteiger partial charge in [0.25, 0.3) is 0 Å². The normalized spacial score (nSPS) is 21.1. The van der Waals surface area contributed by atoms with Gasteiger partial charge in [-0.2, -0.15) is 0 Å². The van der Waals surface area contributed by atoms with Crippen molar-refractivity contribution in [2.24, 2.45) is 0 Å². The average Bonchev–Trinajstić information content (AvgIpc) is 2.61. The Morgan fingerprint density at radius 3 is 2.64 bits per heavy atom. The van der Waals surface area contributed by atoms with E-state index in [2.05, 4.69) is 0 Å². The minimum Gasteiger partial charge on any atom is -0.390 e. The van der Waals surface area contributed by atoms with Crippen LogP contribution >= 0.6 is 23.5 Å². The van der Waals surface area contributed by atoms with Crippen LogP contribution in [0.3, 0.4) is 0 Å². The van der Waals surface area contributed by atoms with Gasteiger partial charge in [0.1, 0.15) is 5.37 Å². The third kappa shape index (κ3) is 1.75. The molecule has 0 aliphatic carbocycles. The molecule has 2 nitrogen and oxygen atoms in total. The van der Waals surface area contributed by atoms with Crippen molar-refractivity contribution in [3.8, 4) is 0 Å². The quantitative estimate of drug-likeness (QED) is 0.786. The van der Waals surface area contributed by atoms with Crippen LogP contribution in [0.15, 0.2) is 41.4 Å². The Labute approximate surface area is 92.3 Å². The molecule has 1 atom stereocenters. The summed E-state index contributed by atoms with van der Waals surface area (Å²) < 4.78 is 1.58. The summed E-state index contributed by atoms with van der Waals surface area (Å²) in [5.41, 5.74) is 1.90. The molecule has 1 unspecified atom stereocenters. The average molecular weight is 228 g/mol. The summed E-state index contributed by atoms with van der Waals surface area (Å²) in [6.07, 6.45) is 0. The zero-order valence-corrected chi connectivity index (χ0v) is 9.00. The molecule has 1 aromatic carbocycles. The summed E-state index contributed by atoms with van der Waals surface area (Å²) in [5.74, 6) is 0. The number of hydrogen-bond donors (Lipinski definition) is 1. The Hall–Kier alpha value is -0.640. The van der Waals surface area contributed by atoms with Gasteiger partial charge in [-0.1, -0.05) is 30.3 Å². The fraction of sp³-hybridized carbons (Fsp3) is 0.200. The lowest BCUT2D eigenvalue weighted by Gasteiger charge is -2.20. The highest BCUT2D eigenvalue weighted by molar-refractivity contribution is 8.02. The van der Waals surface area contributed by atoms with Crippen molar-refractivity contribution in [3.63, 3.8) is 0 Å². The molecule has 0 radical (unpaired) electrons. The molecule has 0 aromatic heterocycles. The lowest BCUT2D eigenvalue weighted by molar-refractivity contribution is 0.300. The molecule has 1 aliphatic heterocycles. The van der Waals surface area contributed by atoms with E-state index >= 15 is 0 Å². The number of benzene rings is 1. The van der Waals surface area contributed by atoms with Crippen LogP contribution in [0.1, 0.15) is 10.9 Å². The number of aliphatic hydroxyl groups is 1. The molecule has 4 heteroatoms. The van der Waals surface area contributed by atoms with E-state index in [4.69, 9.17) is 16.9 Å². The van der Waals surface area contributed by atoms with Crippen molar-refractivity contribution in [2.75, 3.05) is 6.61 Å². The van der Waals surface area contributed by atoms with Gasteiger partial charge in [-0.05, 0) is 11.0 Å². The van der Waals surface area contributed by atoms with Gasteiger partial charge in [0.2, 0.25) is 0 Å².